The van der Waals surface area contributed by atoms with Crippen molar-refractivity contribution in [2.45, 2.75) is 17.9 Å². The number of hydrogen-bond acceptors (Lipinski definition) is 6. The zero-order valence-electron chi connectivity index (χ0n) is 16.1. The normalized spacial score (nSPS) is 10.7. The minimum atomic E-state index is -0.448. The number of esters is 1. The van der Waals surface area contributed by atoms with Crippen molar-refractivity contribution in [3.8, 4) is 5.75 Å². The van der Waals surface area contributed by atoms with Gasteiger partial charge >= 0.3 is 5.97 Å². The lowest BCUT2D eigenvalue weighted by Gasteiger charge is -2.09. The highest BCUT2D eigenvalue weighted by Gasteiger charge is 2.15. The number of benzene rings is 3. The molecule has 6 nitrogen and oxygen atoms in total. The molecule has 0 unspecified atom stereocenters. The molecule has 0 atom stereocenters. The summed E-state index contributed by atoms with van der Waals surface area (Å²) in [4.78, 5) is 28.3. The van der Waals surface area contributed by atoms with Gasteiger partial charge in [-0.15, -0.1) is 0 Å². The molecule has 1 aromatic heterocycles. The Hall–Kier alpha value is -3.58. The Bertz CT molecular complexity index is 1170. The molecule has 0 spiro atoms. The minimum Gasteiger partial charge on any atom is -0.431 e. The molecule has 7 heteroatoms. The Balaban J connectivity index is 1.45. The number of carbonyl (C=O) groups excluding carboxylic acids is 2. The third kappa shape index (κ3) is 4.69. The van der Waals surface area contributed by atoms with E-state index in [0.717, 1.165) is 16.7 Å². The van der Waals surface area contributed by atoms with E-state index in [2.05, 4.69) is 10.3 Å². The van der Waals surface area contributed by atoms with Crippen molar-refractivity contribution in [1.82, 2.24) is 4.98 Å². The first-order valence-corrected chi connectivity index (χ1v) is 10.2. The molecule has 1 N–H and O–H groups in total. The second kappa shape index (κ2) is 8.84. The van der Waals surface area contributed by atoms with E-state index in [-0.39, 0.29) is 5.91 Å². The Kier molecular flexibility index (Phi) is 5.81. The second-order valence-corrected chi connectivity index (χ2v) is 7.41. The Labute approximate surface area is 177 Å². The van der Waals surface area contributed by atoms with Crippen molar-refractivity contribution in [2.75, 3.05) is 5.32 Å². The topological polar surface area (TPSA) is 81.4 Å². The summed E-state index contributed by atoms with van der Waals surface area (Å²) in [5, 5.41) is 3.22. The van der Waals surface area contributed by atoms with Gasteiger partial charge in [-0.25, -0.2) is 9.78 Å². The lowest BCUT2D eigenvalue weighted by molar-refractivity contribution is -0.114. The third-order valence-electron chi connectivity index (χ3n) is 4.25. The molecular weight excluding hydrogens is 400 g/mol. The van der Waals surface area contributed by atoms with Gasteiger partial charge in [0.25, 0.3) is 5.22 Å². The summed E-state index contributed by atoms with van der Waals surface area (Å²) < 4.78 is 11.2. The lowest BCUT2D eigenvalue weighted by Crippen LogP contribution is -2.11. The molecule has 0 aliphatic rings. The average Bonchev–Trinajstić information content (AvgIpc) is 3.16. The van der Waals surface area contributed by atoms with E-state index in [0.29, 0.717) is 28.0 Å². The van der Waals surface area contributed by atoms with Crippen molar-refractivity contribution in [3.05, 3.63) is 83.9 Å². The maximum absolute atomic E-state index is 12.7. The number of carbonyl (C=O) groups is 2. The number of ether oxygens (including phenoxy) is 1. The molecule has 150 valence electrons. The van der Waals surface area contributed by atoms with E-state index < -0.39 is 5.97 Å². The van der Waals surface area contributed by atoms with Crippen molar-refractivity contribution < 1.29 is 18.7 Å². The SMILES string of the molecule is CC(=O)Nc1ccc(OC(=O)c2ccccc2CSc2nc3ccccc3o2)cc1. The van der Waals surface area contributed by atoms with Crippen LogP contribution in [0.5, 0.6) is 5.75 Å². The van der Waals surface area contributed by atoms with Crippen LogP contribution in [0.25, 0.3) is 11.1 Å². The Morgan fingerprint density at radius 2 is 1.73 bits per heavy atom. The second-order valence-electron chi connectivity index (χ2n) is 6.49. The van der Waals surface area contributed by atoms with Crippen LogP contribution in [-0.2, 0) is 10.5 Å². The summed E-state index contributed by atoms with van der Waals surface area (Å²) >= 11 is 1.42. The van der Waals surface area contributed by atoms with Gasteiger partial charge in [-0.2, -0.15) is 0 Å². The minimum absolute atomic E-state index is 0.162. The number of anilines is 1. The standard InChI is InChI=1S/C23H18N2O4S/c1-15(26)24-17-10-12-18(13-11-17)28-22(27)19-7-3-2-6-16(19)14-30-23-25-20-8-4-5-9-21(20)29-23/h2-13H,14H2,1H3,(H,24,26). The third-order valence-corrected chi connectivity index (χ3v) is 5.12. The molecule has 0 aliphatic heterocycles. The van der Waals surface area contributed by atoms with E-state index in [1.807, 2.05) is 36.4 Å². The quantitative estimate of drug-likeness (QED) is 0.260. The van der Waals surface area contributed by atoms with E-state index in [9.17, 15) is 9.59 Å². The fourth-order valence-electron chi connectivity index (χ4n) is 2.87. The fraction of sp³-hybridized carbons (Fsp3) is 0.0870. The number of oxazole rings is 1. The highest BCUT2D eigenvalue weighted by Crippen LogP contribution is 2.28. The number of hydrogen-bond donors (Lipinski definition) is 1. The number of fused-ring (bicyclic) bond motifs is 1. The first-order valence-electron chi connectivity index (χ1n) is 9.24. The van der Waals surface area contributed by atoms with E-state index >= 15 is 0 Å². The van der Waals surface area contributed by atoms with Crippen LogP contribution in [0.3, 0.4) is 0 Å². The monoisotopic (exact) mass is 418 g/mol. The van der Waals surface area contributed by atoms with Crippen molar-refractivity contribution >= 4 is 40.4 Å². The summed E-state index contributed by atoms with van der Waals surface area (Å²) in [7, 11) is 0. The van der Waals surface area contributed by atoms with Crippen molar-refractivity contribution in [2.24, 2.45) is 0 Å². The predicted molar refractivity (Wildman–Crippen MR) is 116 cm³/mol. The maximum atomic E-state index is 12.7. The highest BCUT2D eigenvalue weighted by atomic mass is 32.2. The van der Waals surface area contributed by atoms with Gasteiger partial charge in [0.05, 0.1) is 5.56 Å². The van der Waals surface area contributed by atoms with Crippen molar-refractivity contribution in [3.63, 3.8) is 0 Å². The van der Waals surface area contributed by atoms with E-state index in [1.54, 1.807) is 36.4 Å². The van der Waals surface area contributed by atoms with Crippen LogP contribution >= 0.6 is 11.8 Å². The highest BCUT2D eigenvalue weighted by molar-refractivity contribution is 7.98. The average molecular weight is 418 g/mol. The van der Waals surface area contributed by atoms with E-state index in [1.165, 1.54) is 18.7 Å². The molecule has 4 rings (SSSR count). The molecule has 1 heterocycles. The molecule has 0 fully saturated rings. The summed E-state index contributed by atoms with van der Waals surface area (Å²) in [6.45, 7) is 1.43. The van der Waals surface area contributed by atoms with Gasteiger partial charge in [0.1, 0.15) is 11.3 Å². The van der Waals surface area contributed by atoms with Gasteiger partial charge in [-0.05, 0) is 48.0 Å². The van der Waals surface area contributed by atoms with E-state index in [4.69, 9.17) is 9.15 Å². The zero-order chi connectivity index (χ0) is 20.9. The molecule has 4 aromatic rings. The van der Waals surface area contributed by atoms with Gasteiger partial charge in [-0.1, -0.05) is 42.1 Å². The molecule has 0 radical (unpaired) electrons. The Morgan fingerprint density at radius 3 is 2.50 bits per heavy atom. The lowest BCUT2D eigenvalue weighted by atomic mass is 10.1. The van der Waals surface area contributed by atoms with Crippen LogP contribution in [0.2, 0.25) is 0 Å². The van der Waals surface area contributed by atoms with Crippen molar-refractivity contribution in [1.29, 1.82) is 0 Å². The van der Waals surface area contributed by atoms with Gasteiger partial charge < -0.3 is 14.5 Å². The molecular formula is C23H18N2O4S. The van der Waals surface area contributed by atoms with Crippen LogP contribution in [0.1, 0.15) is 22.8 Å². The summed E-state index contributed by atoms with van der Waals surface area (Å²) in [6.07, 6.45) is 0. The molecule has 0 saturated carbocycles. The number of thioether (sulfide) groups is 1. The number of para-hydroxylation sites is 2. The molecule has 1 amide bonds. The first kappa shape index (κ1) is 19.7. The maximum Gasteiger partial charge on any atom is 0.343 e. The summed E-state index contributed by atoms with van der Waals surface area (Å²) in [5.74, 6) is 0.302. The first-order chi connectivity index (χ1) is 14.6. The smallest absolute Gasteiger partial charge is 0.343 e. The molecule has 3 aromatic carbocycles. The van der Waals surface area contributed by atoms with Crippen LogP contribution in [0.4, 0.5) is 5.69 Å². The van der Waals surface area contributed by atoms with Crippen LogP contribution in [0, 0.1) is 0 Å². The number of nitrogens with one attached hydrogen (secondary N) is 1. The Morgan fingerprint density at radius 1 is 1.00 bits per heavy atom. The van der Waals surface area contributed by atoms with Gasteiger partial charge in [0.15, 0.2) is 5.58 Å². The number of amides is 1. The van der Waals surface area contributed by atoms with Gasteiger partial charge in [0.2, 0.25) is 5.91 Å². The number of rotatable bonds is 6. The fourth-order valence-corrected chi connectivity index (χ4v) is 3.71. The largest absolute Gasteiger partial charge is 0.431 e. The summed E-state index contributed by atoms with van der Waals surface area (Å²) in [6, 6.07) is 21.5. The van der Waals surface area contributed by atoms with Gasteiger partial charge in [-0.3, -0.25) is 4.79 Å². The van der Waals surface area contributed by atoms with Gasteiger partial charge in [0, 0.05) is 18.4 Å². The predicted octanol–water partition coefficient (Wildman–Crippen LogP) is 5.30. The van der Waals surface area contributed by atoms with Crippen LogP contribution < -0.4 is 10.1 Å². The van der Waals surface area contributed by atoms with Crippen LogP contribution in [-0.4, -0.2) is 16.9 Å². The van der Waals surface area contributed by atoms with Crippen LogP contribution in [0.15, 0.2) is 82.4 Å². The zero-order valence-corrected chi connectivity index (χ0v) is 16.9. The molecule has 0 saturated heterocycles. The molecule has 0 bridgehead atoms. The number of aromatic nitrogens is 1. The summed E-state index contributed by atoms with van der Waals surface area (Å²) in [5.41, 5.74) is 3.47. The molecule has 0 aliphatic carbocycles. The molecule has 30 heavy (non-hydrogen) atoms. The number of nitrogens with zero attached hydrogens (tertiary/aromatic N) is 1.